The van der Waals surface area contributed by atoms with Crippen LogP contribution in [0.25, 0.3) is 0 Å². The number of hydrogen-bond acceptors (Lipinski definition) is 10. The van der Waals surface area contributed by atoms with Crippen LogP contribution in [-0.2, 0) is 30.2 Å². The van der Waals surface area contributed by atoms with E-state index in [2.05, 4.69) is 21.4 Å². The summed E-state index contributed by atoms with van der Waals surface area (Å²) in [5.74, 6) is -2.10. The maximum atomic E-state index is 13.9. The highest BCUT2D eigenvalue weighted by Crippen LogP contribution is 2.25. The third-order valence-electron chi connectivity index (χ3n) is 8.74. The highest BCUT2D eigenvalue weighted by molar-refractivity contribution is 5.87. The molecule has 1 heterocycles. The number of nitrogens with one attached hydrogen (secondary N) is 4. The number of ether oxygens (including phenoxy) is 3. The molecule has 1 aromatic carbocycles. The van der Waals surface area contributed by atoms with Crippen molar-refractivity contribution in [1.82, 2.24) is 26.4 Å². The molecule has 1 aliphatic rings. The first kappa shape index (κ1) is 39.8. The van der Waals surface area contributed by atoms with E-state index in [0.29, 0.717) is 6.54 Å². The van der Waals surface area contributed by atoms with Gasteiger partial charge in [-0.25, -0.2) is 19.4 Å². The standard InChI is InChI=1S/C36H53N5O9/c1-23(2)30(38-35(45)47-5)32(42)37-27(20-25-14-9-7-10-15-25)29(50-34(44)28-18-13-19-49-28)22-41(21-26-16-11-8-12-17-26)40-33(43)31(24(3)4)39-36(46)48-6/h7,9-10,13-15,18-19,23-24,26-27,29-31H,8,11-12,16-17,20-22H2,1-6H3,(H,37,42)(H,38,45)(H,39,46)(H,40,43)/t27?,29?,30-,31-/m0/s1. The Morgan fingerprint density at radius 2 is 1.40 bits per heavy atom. The third kappa shape index (κ3) is 12.7. The van der Waals surface area contributed by atoms with Crippen molar-refractivity contribution in [1.29, 1.82) is 0 Å². The van der Waals surface area contributed by atoms with E-state index in [-0.39, 0.29) is 36.5 Å². The summed E-state index contributed by atoms with van der Waals surface area (Å²) in [6.45, 7) is 7.60. The molecule has 14 nitrogen and oxygen atoms in total. The van der Waals surface area contributed by atoms with Gasteiger partial charge in [-0.15, -0.1) is 0 Å². The van der Waals surface area contributed by atoms with Crippen LogP contribution in [0.4, 0.5) is 9.59 Å². The highest BCUT2D eigenvalue weighted by atomic mass is 16.6. The van der Waals surface area contributed by atoms with Crippen molar-refractivity contribution in [3.8, 4) is 0 Å². The lowest BCUT2D eigenvalue weighted by Gasteiger charge is -2.36. The zero-order valence-electron chi connectivity index (χ0n) is 29.9. The van der Waals surface area contributed by atoms with Gasteiger partial charge in [0, 0.05) is 6.54 Å². The molecule has 0 aliphatic heterocycles. The summed E-state index contributed by atoms with van der Waals surface area (Å²) in [7, 11) is 2.44. The second kappa shape index (κ2) is 20.2. The van der Waals surface area contributed by atoms with E-state index in [9.17, 15) is 24.0 Å². The molecule has 0 bridgehead atoms. The molecule has 1 aliphatic carbocycles. The number of hydrazine groups is 1. The molecule has 0 radical (unpaired) electrons. The van der Waals surface area contributed by atoms with Gasteiger partial charge in [0.05, 0.1) is 33.1 Å². The topological polar surface area (TPSA) is 178 Å². The molecular weight excluding hydrogens is 646 g/mol. The molecule has 3 rings (SSSR count). The van der Waals surface area contributed by atoms with E-state index >= 15 is 0 Å². The van der Waals surface area contributed by atoms with Gasteiger partial charge in [0.2, 0.25) is 11.7 Å². The van der Waals surface area contributed by atoms with Crippen molar-refractivity contribution in [2.75, 3.05) is 27.3 Å². The predicted octanol–water partition coefficient (Wildman–Crippen LogP) is 4.21. The smallest absolute Gasteiger partial charge is 0.407 e. The number of esters is 1. The van der Waals surface area contributed by atoms with Gasteiger partial charge in [-0.1, -0.05) is 77.3 Å². The van der Waals surface area contributed by atoms with Gasteiger partial charge in [-0.2, -0.15) is 0 Å². The number of carbonyl (C=O) groups excluding carboxylic acids is 5. The number of methoxy groups -OCH3 is 2. The Hall–Kier alpha value is -4.59. The summed E-state index contributed by atoms with van der Waals surface area (Å²) < 4.78 is 21.0. The van der Waals surface area contributed by atoms with Gasteiger partial charge in [0.25, 0.3) is 5.91 Å². The summed E-state index contributed by atoms with van der Waals surface area (Å²) in [5, 5.41) is 9.94. The Morgan fingerprint density at radius 1 is 0.800 bits per heavy atom. The number of alkyl carbamates (subject to hydrolysis) is 2. The summed E-state index contributed by atoms with van der Waals surface area (Å²) in [6, 6.07) is 9.72. The van der Waals surface area contributed by atoms with Crippen LogP contribution in [0.15, 0.2) is 53.1 Å². The van der Waals surface area contributed by atoms with Crippen molar-refractivity contribution in [3.63, 3.8) is 0 Å². The number of hydrogen-bond donors (Lipinski definition) is 4. The van der Waals surface area contributed by atoms with E-state index in [1.54, 1.807) is 38.8 Å². The Kier molecular flexibility index (Phi) is 16.1. The van der Waals surface area contributed by atoms with Crippen LogP contribution in [-0.4, -0.2) is 86.5 Å². The monoisotopic (exact) mass is 699 g/mol. The molecule has 1 saturated carbocycles. The van der Waals surface area contributed by atoms with E-state index in [0.717, 1.165) is 37.7 Å². The first-order chi connectivity index (χ1) is 23.9. The van der Waals surface area contributed by atoms with E-state index < -0.39 is 54.2 Å². The van der Waals surface area contributed by atoms with Crippen LogP contribution < -0.4 is 21.4 Å². The molecule has 0 saturated heterocycles. The minimum Gasteiger partial charge on any atom is -0.457 e. The van der Waals surface area contributed by atoms with Crippen LogP contribution in [0.3, 0.4) is 0 Å². The summed E-state index contributed by atoms with van der Waals surface area (Å²) in [4.78, 5) is 65.4. The second-order valence-electron chi connectivity index (χ2n) is 13.3. The van der Waals surface area contributed by atoms with Crippen LogP contribution in [0, 0.1) is 17.8 Å². The van der Waals surface area contributed by atoms with Gasteiger partial charge in [0.1, 0.15) is 18.2 Å². The molecule has 50 heavy (non-hydrogen) atoms. The minimum absolute atomic E-state index is 0.0215. The maximum absolute atomic E-state index is 13.9. The summed E-state index contributed by atoms with van der Waals surface area (Å²) in [5.41, 5.74) is 3.83. The van der Waals surface area contributed by atoms with Crippen LogP contribution in [0.1, 0.15) is 75.9 Å². The molecule has 276 valence electrons. The van der Waals surface area contributed by atoms with E-state index in [1.165, 1.54) is 26.5 Å². The first-order valence-corrected chi connectivity index (χ1v) is 17.2. The van der Waals surface area contributed by atoms with E-state index in [1.807, 2.05) is 30.3 Å². The fraction of sp³-hybridized carbons (Fsp3) is 0.583. The number of nitrogens with zero attached hydrogens (tertiary/aromatic N) is 1. The summed E-state index contributed by atoms with van der Waals surface area (Å²) >= 11 is 0. The van der Waals surface area contributed by atoms with Gasteiger partial charge in [-0.05, 0) is 54.7 Å². The number of rotatable bonds is 17. The Bertz CT molecular complexity index is 1360. The largest absolute Gasteiger partial charge is 0.457 e. The zero-order chi connectivity index (χ0) is 36.6. The fourth-order valence-electron chi connectivity index (χ4n) is 5.98. The molecule has 1 fully saturated rings. The van der Waals surface area contributed by atoms with Crippen molar-refractivity contribution in [2.45, 2.75) is 90.4 Å². The molecule has 4 atom stereocenters. The van der Waals surface area contributed by atoms with E-state index in [4.69, 9.17) is 18.6 Å². The molecule has 4 amide bonds. The highest BCUT2D eigenvalue weighted by Gasteiger charge is 2.35. The zero-order valence-corrected chi connectivity index (χ0v) is 29.9. The van der Waals surface area contributed by atoms with Gasteiger partial charge in [0.15, 0.2) is 0 Å². The maximum Gasteiger partial charge on any atom is 0.407 e. The average molecular weight is 700 g/mol. The van der Waals surface area contributed by atoms with Crippen molar-refractivity contribution in [3.05, 3.63) is 60.1 Å². The van der Waals surface area contributed by atoms with Gasteiger partial charge >= 0.3 is 18.2 Å². The number of carbonyl (C=O) groups is 5. The lowest BCUT2D eigenvalue weighted by molar-refractivity contribution is -0.131. The Morgan fingerprint density at radius 3 is 1.94 bits per heavy atom. The quantitative estimate of drug-likeness (QED) is 0.106. The third-order valence-corrected chi connectivity index (χ3v) is 8.74. The van der Waals surface area contributed by atoms with Crippen molar-refractivity contribution >= 4 is 30.0 Å². The number of benzene rings is 1. The molecular formula is C36H53N5O9. The van der Waals surface area contributed by atoms with Crippen LogP contribution in [0.5, 0.6) is 0 Å². The van der Waals surface area contributed by atoms with Crippen molar-refractivity contribution in [2.24, 2.45) is 17.8 Å². The average Bonchev–Trinajstić information content (AvgIpc) is 3.65. The molecule has 1 aromatic heterocycles. The minimum atomic E-state index is -1.03. The van der Waals surface area contributed by atoms with Crippen LogP contribution >= 0.6 is 0 Å². The van der Waals surface area contributed by atoms with Gasteiger partial charge in [-0.3, -0.25) is 15.0 Å². The van der Waals surface area contributed by atoms with Crippen molar-refractivity contribution < 1.29 is 42.6 Å². The second-order valence-corrected chi connectivity index (χ2v) is 13.3. The lowest BCUT2D eigenvalue weighted by Crippen LogP contribution is -2.60. The van der Waals surface area contributed by atoms with Crippen LogP contribution in [0.2, 0.25) is 0 Å². The predicted molar refractivity (Wildman–Crippen MR) is 185 cm³/mol. The molecule has 14 heteroatoms. The molecule has 4 N–H and O–H groups in total. The first-order valence-electron chi connectivity index (χ1n) is 17.2. The number of furan rings is 1. The lowest BCUT2D eigenvalue weighted by atomic mass is 9.89. The molecule has 2 unspecified atom stereocenters. The van der Waals surface area contributed by atoms with Gasteiger partial charge < -0.3 is 34.6 Å². The Labute approximate surface area is 294 Å². The summed E-state index contributed by atoms with van der Waals surface area (Å²) in [6.07, 6.45) is 4.22. The number of amides is 4. The SMILES string of the molecule is COC(=O)N[C@H](C(=O)NC(Cc1ccccc1)C(CN(CC1CCCCC1)NC(=O)[C@@H](NC(=O)OC)C(C)C)OC(=O)c1ccco1)C(C)C. The molecule has 0 spiro atoms. The normalized spacial score (nSPS) is 15.8. The molecule has 2 aromatic rings. The Balaban J connectivity index is 2.03. The fourth-order valence-corrected chi connectivity index (χ4v) is 5.98.